The van der Waals surface area contributed by atoms with Gasteiger partial charge < -0.3 is 0 Å². The summed E-state index contributed by atoms with van der Waals surface area (Å²) in [6.45, 7) is 5.19. The van der Waals surface area contributed by atoms with Crippen LogP contribution in [0.25, 0.3) is 0 Å². The van der Waals surface area contributed by atoms with Crippen LogP contribution < -0.4 is 0 Å². The van der Waals surface area contributed by atoms with E-state index in [1.54, 1.807) is 10.9 Å². The topological polar surface area (TPSA) is 58.7 Å². The van der Waals surface area contributed by atoms with Crippen LogP contribution in [-0.2, 0) is 11.3 Å². The van der Waals surface area contributed by atoms with Gasteiger partial charge in [-0.15, -0.1) is 0 Å². The summed E-state index contributed by atoms with van der Waals surface area (Å²) in [5.74, 6) is 7.37. The van der Waals surface area contributed by atoms with Crippen LogP contribution >= 0.6 is 11.6 Å². The van der Waals surface area contributed by atoms with E-state index in [0.29, 0.717) is 11.3 Å². The Bertz CT molecular complexity index is 976. The van der Waals surface area contributed by atoms with Gasteiger partial charge in [0.2, 0.25) is 0 Å². The molecule has 5 fully saturated rings. The molecule has 4 nitrogen and oxygen atoms in total. The number of hydrogen-bond donors (Lipinski definition) is 0. The number of carbonyl (C=O) groups excluding carboxylic acids is 1. The smallest absolute Gasteiger partial charge is 0.168 e. The molecule has 0 radical (unpaired) electrons. The van der Waals surface area contributed by atoms with Gasteiger partial charge >= 0.3 is 0 Å². The number of ketones is 1. The standard InChI is InChI=1S/C28H38ClN3O/c1-16-3-7-20-18(11-16)6-8-22-21(20)9-10-28(2)24(12-23(26(22)28)17-4-5-17)25(33)15-32-14-19(13-30)27(29)31-32/h14,16-18,20-24,26H,3-12,15H2,1-2H3/t16-,18+,20-,21?,22+,23-,24+,26?,28+/m0/s1. The number of nitriles is 1. The first-order valence-corrected chi connectivity index (χ1v) is 13.9. The summed E-state index contributed by atoms with van der Waals surface area (Å²) >= 11 is 6.07. The zero-order valence-electron chi connectivity index (χ0n) is 20.2. The van der Waals surface area contributed by atoms with E-state index >= 15 is 0 Å². The first kappa shape index (κ1) is 22.1. The van der Waals surface area contributed by atoms with Crippen LogP contribution in [0.1, 0.15) is 83.6 Å². The Kier molecular flexibility index (Phi) is 5.44. The Hall–Kier alpha value is -1.34. The maximum atomic E-state index is 13.7. The molecule has 0 amide bonds. The van der Waals surface area contributed by atoms with Gasteiger partial charge in [0.25, 0.3) is 0 Å². The zero-order chi connectivity index (χ0) is 22.9. The fourth-order valence-electron chi connectivity index (χ4n) is 9.60. The highest BCUT2D eigenvalue weighted by molar-refractivity contribution is 6.30. The molecule has 33 heavy (non-hydrogen) atoms. The number of halogens is 1. The van der Waals surface area contributed by atoms with Gasteiger partial charge in [0.1, 0.15) is 11.6 Å². The van der Waals surface area contributed by atoms with E-state index in [2.05, 4.69) is 25.0 Å². The van der Waals surface area contributed by atoms with Gasteiger partial charge in [0.05, 0.1) is 6.54 Å². The molecule has 0 N–H and O–H groups in total. The average Bonchev–Trinajstić information content (AvgIpc) is 3.50. The number of rotatable bonds is 4. The molecule has 5 aliphatic rings. The van der Waals surface area contributed by atoms with Crippen LogP contribution in [0.2, 0.25) is 5.15 Å². The Morgan fingerprint density at radius 1 is 1.09 bits per heavy atom. The van der Waals surface area contributed by atoms with Crippen LogP contribution in [0.15, 0.2) is 6.20 Å². The Morgan fingerprint density at radius 3 is 2.58 bits per heavy atom. The number of nitrogens with zero attached hydrogens (tertiary/aromatic N) is 3. The quantitative estimate of drug-likeness (QED) is 0.506. The second kappa shape index (κ2) is 8.11. The lowest BCUT2D eigenvalue weighted by Crippen LogP contribution is -2.50. The number of Topliss-reactive ketones (excluding diaryl/α,β-unsaturated/α-hetero) is 1. The van der Waals surface area contributed by atoms with Crippen molar-refractivity contribution < 1.29 is 4.79 Å². The summed E-state index contributed by atoms with van der Waals surface area (Å²) in [4.78, 5) is 13.7. The van der Waals surface area contributed by atoms with Gasteiger partial charge in [-0.3, -0.25) is 9.48 Å². The van der Waals surface area contributed by atoms with Gasteiger partial charge in [0.15, 0.2) is 10.9 Å². The summed E-state index contributed by atoms with van der Waals surface area (Å²) in [6.07, 6.45) is 15.2. The van der Waals surface area contributed by atoms with Gasteiger partial charge in [0, 0.05) is 12.1 Å². The predicted octanol–water partition coefficient (Wildman–Crippen LogP) is 6.52. The molecular formula is C28H38ClN3O. The van der Waals surface area contributed by atoms with Crippen molar-refractivity contribution >= 4 is 17.4 Å². The van der Waals surface area contributed by atoms with Crippen molar-refractivity contribution in [3.63, 3.8) is 0 Å². The van der Waals surface area contributed by atoms with E-state index in [1.807, 2.05) is 0 Å². The number of fused-ring (bicyclic) bond motifs is 5. The highest BCUT2D eigenvalue weighted by Gasteiger charge is 2.63. The highest BCUT2D eigenvalue weighted by atomic mass is 35.5. The molecule has 2 unspecified atom stereocenters. The van der Waals surface area contributed by atoms with Crippen LogP contribution in [0.5, 0.6) is 0 Å². The summed E-state index contributed by atoms with van der Waals surface area (Å²) in [5, 5.41) is 13.7. The van der Waals surface area contributed by atoms with Crippen molar-refractivity contribution in [2.75, 3.05) is 0 Å². The monoisotopic (exact) mass is 467 g/mol. The minimum atomic E-state index is 0.131. The SMILES string of the molecule is C[C@H]1CC[C@@H]2C3CC[C@@]4(C)C([C@@H]3CC[C@@H]2C1)[C@H](C1CC1)C[C@@H]4C(=O)Cn1cc(C#N)c(Cl)n1. The van der Waals surface area contributed by atoms with Crippen molar-refractivity contribution in [2.45, 2.75) is 84.6 Å². The third-order valence-corrected chi connectivity index (χ3v) is 11.3. The molecule has 0 aliphatic heterocycles. The van der Waals surface area contributed by atoms with E-state index in [-0.39, 0.29) is 23.0 Å². The molecule has 178 valence electrons. The van der Waals surface area contributed by atoms with Crippen LogP contribution in [0, 0.1) is 70.0 Å². The molecule has 0 bridgehead atoms. The second-order valence-electron chi connectivity index (χ2n) is 12.7. The first-order valence-electron chi connectivity index (χ1n) is 13.5. The molecule has 5 aliphatic carbocycles. The molecule has 0 saturated heterocycles. The van der Waals surface area contributed by atoms with Crippen LogP contribution in [-0.4, -0.2) is 15.6 Å². The van der Waals surface area contributed by atoms with Gasteiger partial charge in [-0.25, -0.2) is 0 Å². The average molecular weight is 468 g/mol. The largest absolute Gasteiger partial charge is 0.297 e. The second-order valence-corrected chi connectivity index (χ2v) is 13.1. The number of hydrogen-bond acceptors (Lipinski definition) is 3. The number of aromatic nitrogens is 2. The van der Waals surface area contributed by atoms with E-state index in [9.17, 15) is 10.1 Å². The predicted molar refractivity (Wildman–Crippen MR) is 128 cm³/mol. The summed E-state index contributed by atoms with van der Waals surface area (Å²) < 4.78 is 1.60. The van der Waals surface area contributed by atoms with Crippen LogP contribution in [0.3, 0.4) is 0 Å². The molecular weight excluding hydrogens is 430 g/mol. The number of carbonyl (C=O) groups is 1. The van der Waals surface area contributed by atoms with Crippen LogP contribution in [0.4, 0.5) is 0 Å². The molecule has 0 aromatic carbocycles. The third-order valence-electron chi connectivity index (χ3n) is 11.0. The molecule has 1 aromatic heterocycles. The lowest BCUT2D eigenvalue weighted by atomic mass is 9.48. The lowest BCUT2D eigenvalue weighted by molar-refractivity contribution is -0.131. The van der Waals surface area contributed by atoms with E-state index in [0.717, 1.165) is 53.8 Å². The Balaban J connectivity index is 1.26. The van der Waals surface area contributed by atoms with Crippen molar-refractivity contribution in [1.29, 1.82) is 5.26 Å². The third kappa shape index (κ3) is 3.60. The summed E-state index contributed by atoms with van der Waals surface area (Å²) in [6, 6.07) is 2.07. The highest BCUT2D eigenvalue weighted by Crippen LogP contribution is 2.69. The van der Waals surface area contributed by atoms with Crippen molar-refractivity contribution in [3.05, 3.63) is 16.9 Å². The fraction of sp³-hybridized carbons (Fsp3) is 0.821. The molecule has 0 spiro atoms. The van der Waals surface area contributed by atoms with Gasteiger partial charge in [-0.05, 0) is 111 Å². The zero-order valence-corrected chi connectivity index (χ0v) is 20.9. The molecule has 6 rings (SSSR count). The minimum absolute atomic E-state index is 0.131. The van der Waals surface area contributed by atoms with E-state index in [1.165, 1.54) is 57.8 Å². The van der Waals surface area contributed by atoms with Crippen molar-refractivity contribution in [1.82, 2.24) is 9.78 Å². The molecule has 5 saturated carbocycles. The first-order chi connectivity index (χ1) is 15.9. The Labute approximate surface area is 203 Å². The lowest BCUT2D eigenvalue weighted by Gasteiger charge is -2.57. The Morgan fingerprint density at radius 2 is 1.85 bits per heavy atom. The molecule has 5 heteroatoms. The maximum absolute atomic E-state index is 13.7. The fourth-order valence-corrected chi connectivity index (χ4v) is 9.79. The van der Waals surface area contributed by atoms with E-state index in [4.69, 9.17) is 11.6 Å². The normalized spacial score (nSPS) is 44.4. The van der Waals surface area contributed by atoms with E-state index < -0.39 is 0 Å². The van der Waals surface area contributed by atoms with Gasteiger partial charge in [-0.1, -0.05) is 31.9 Å². The summed E-state index contributed by atoms with van der Waals surface area (Å²) in [5.41, 5.74) is 0.491. The molecule has 1 aromatic rings. The van der Waals surface area contributed by atoms with Gasteiger partial charge in [-0.2, -0.15) is 10.4 Å². The molecule has 1 heterocycles. The van der Waals surface area contributed by atoms with Crippen molar-refractivity contribution in [3.8, 4) is 6.07 Å². The molecule has 9 atom stereocenters. The van der Waals surface area contributed by atoms with Crippen molar-refractivity contribution in [2.24, 2.45) is 58.7 Å². The minimum Gasteiger partial charge on any atom is -0.297 e. The maximum Gasteiger partial charge on any atom is 0.168 e. The summed E-state index contributed by atoms with van der Waals surface area (Å²) in [7, 11) is 0.